The van der Waals surface area contributed by atoms with E-state index in [2.05, 4.69) is 10.3 Å². The van der Waals surface area contributed by atoms with E-state index in [1.807, 2.05) is 0 Å². The highest BCUT2D eigenvalue weighted by atomic mass is 35.5. The van der Waals surface area contributed by atoms with Crippen LogP contribution in [-0.4, -0.2) is 39.2 Å². The SMILES string of the molecule is Cc1cc(C(=O)N2CCCC2C(=O)Nc2ccc(N)nc2)ccc1[N+](=O)[O-].Cl. The summed E-state index contributed by atoms with van der Waals surface area (Å²) in [6, 6.07) is 6.83. The van der Waals surface area contributed by atoms with Crippen molar-refractivity contribution in [2.45, 2.75) is 25.8 Å². The third-order valence-corrected chi connectivity index (χ3v) is 4.51. The molecule has 2 aromatic rings. The number of benzene rings is 1. The fourth-order valence-electron chi connectivity index (χ4n) is 3.15. The normalized spacial score (nSPS) is 15.6. The number of anilines is 2. The van der Waals surface area contributed by atoms with Crippen LogP contribution in [0.4, 0.5) is 17.2 Å². The Morgan fingerprint density at radius 3 is 2.68 bits per heavy atom. The summed E-state index contributed by atoms with van der Waals surface area (Å²) >= 11 is 0. The maximum absolute atomic E-state index is 12.8. The van der Waals surface area contributed by atoms with Gasteiger partial charge in [-0.1, -0.05) is 0 Å². The highest BCUT2D eigenvalue weighted by Gasteiger charge is 2.35. The van der Waals surface area contributed by atoms with Crippen LogP contribution in [0.2, 0.25) is 0 Å². The highest BCUT2D eigenvalue weighted by molar-refractivity contribution is 6.01. The molecule has 2 amide bonds. The smallest absolute Gasteiger partial charge is 0.272 e. The van der Waals surface area contributed by atoms with Crippen molar-refractivity contribution in [3.05, 3.63) is 57.8 Å². The van der Waals surface area contributed by atoms with Gasteiger partial charge in [0.05, 0.1) is 16.8 Å². The maximum atomic E-state index is 12.8. The third kappa shape index (κ3) is 4.37. The van der Waals surface area contributed by atoms with Gasteiger partial charge in [0.25, 0.3) is 11.6 Å². The van der Waals surface area contributed by atoms with E-state index in [1.54, 1.807) is 19.1 Å². The zero-order valence-electron chi connectivity index (χ0n) is 15.1. The lowest BCUT2D eigenvalue weighted by molar-refractivity contribution is -0.385. The number of amides is 2. The number of nitrogens with zero attached hydrogens (tertiary/aromatic N) is 3. The van der Waals surface area contributed by atoms with Gasteiger partial charge in [0.2, 0.25) is 5.91 Å². The number of aromatic nitrogens is 1. The van der Waals surface area contributed by atoms with E-state index < -0.39 is 11.0 Å². The number of nitro benzene ring substituents is 1. The van der Waals surface area contributed by atoms with Crippen LogP contribution in [0.1, 0.15) is 28.8 Å². The van der Waals surface area contributed by atoms with Crippen LogP contribution in [0.3, 0.4) is 0 Å². The Balaban J connectivity index is 0.00000280. The lowest BCUT2D eigenvalue weighted by Crippen LogP contribution is -2.43. The number of rotatable bonds is 4. The number of nitrogen functional groups attached to an aromatic ring is 1. The largest absolute Gasteiger partial charge is 0.384 e. The number of likely N-dealkylation sites (tertiary alicyclic amines) is 1. The minimum absolute atomic E-state index is 0. The molecule has 148 valence electrons. The molecular formula is C18H20ClN5O4. The zero-order chi connectivity index (χ0) is 19.6. The van der Waals surface area contributed by atoms with E-state index >= 15 is 0 Å². The van der Waals surface area contributed by atoms with E-state index in [0.717, 1.165) is 0 Å². The van der Waals surface area contributed by atoms with Crippen LogP contribution in [0, 0.1) is 17.0 Å². The molecule has 9 nitrogen and oxygen atoms in total. The molecule has 1 atom stereocenters. The quantitative estimate of drug-likeness (QED) is 0.593. The molecule has 2 heterocycles. The second kappa shape index (κ2) is 8.66. The molecule has 3 N–H and O–H groups in total. The molecule has 0 aliphatic carbocycles. The van der Waals surface area contributed by atoms with Crippen molar-refractivity contribution in [1.82, 2.24) is 9.88 Å². The summed E-state index contributed by atoms with van der Waals surface area (Å²) in [5.41, 5.74) is 6.71. The van der Waals surface area contributed by atoms with Crippen LogP contribution in [0.15, 0.2) is 36.5 Å². The van der Waals surface area contributed by atoms with E-state index in [-0.39, 0.29) is 29.9 Å². The minimum atomic E-state index is -0.606. The molecule has 0 saturated carbocycles. The number of halogens is 1. The van der Waals surface area contributed by atoms with Gasteiger partial charge in [-0.2, -0.15) is 0 Å². The van der Waals surface area contributed by atoms with Gasteiger partial charge in [-0.15, -0.1) is 12.4 Å². The van der Waals surface area contributed by atoms with Crippen molar-refractivity contribution in [2.24, 2.45) is 0 Å². The Bertz CT molecular complexity index is 903. The van der Waals surface area contributed by atoms with Crippen LogP contribution < -0.4 is 11.1 Å². The van der Waals surface area contributed by atoms with Crippen LogP contribution in [0.25, 0.3) is 0 Å². The summed E-state index contributed by atoms with van der Waals surface area (Å²) in [4.78, 5) is 41.3. The molecule has 3 rings (SSSR count). The second-order valence-electron chi connectivity index (χ2n) is 6.38. The maximum Gasteiger partial charge on any atom is 0.272 e. The number of nitrogens with two attached hydrogens (primary N) is 1. The van der Waals surface area contributed by atoms with Gasteiger partial charge in [-0.3, -0.25) is 19.7 Å². The molecule has 1 aromatic heterocycles. The van der Waals surface area contributed by atoms with Gasteiger partial charge in [0, 0.05) is 23.7 Å². The van der Waals surface area contributed by atoms with E-state index in [0.29, 0.717) is 42.0 Å². The number of pyridine rings is 1. The van der Waals surface area contributed by atoms with E-state index in [9.17, 15) is 19.7 Å². The molecule has 1 unspecified atom stereocenters. The lowest BCUT2D eigenvalue weighted by atomic mass is 10.1. The predicted octanol–water partition coefficient (Wildman–Crippen LogP) is 2.55. The first-order valence-electron chi connectivity index (χ1n) is 8.45. The molecule has 28 heavy (non-hydrogen) atoms. The highest BCUT2D eigenvalue weighted by Crippen LogP contribution is 2.24. The molecule has 1 aromatic carbocycles. The molecule has 0 radical (unpaired) electrons. The fourth-order valence-corrected chi connectivity index (χ4v) is 3.15. The zero-order valence-corrected chi connectivity index (χ0v) is 15.9. The Morgan fingerprint density at radius 1 is 1.32 bits per heavy atom. The van der Waals surface area contributed by atoms with Gasteiger partial charge in [0.15, 0.2) is 0 Å². The van der Waals surface area contributed by atoms with Gasteiger partial charge < -0.3 is 16.0 Å². The van der Waals surface area contributed by atoms with Crippen molar-refractivity contribution in [1.29, 1.82) is 0 Å². The minimum Gasteiger partial charge on any atom is -0.384 e. The Kier molecular flexibility index (Phi) is 6.53. The monoisotopic (exact) mass is 405 g/mol. The average Bonchev–Trinajstić information content (AvgIpc) is 3.12. The van der Waals surface area contributed by atoms with Gasteiger partial charge in [-0.25, -0.2) is 4.98 Å². The summed E-state index contributed by atoms with van der Waals surface area (Å²) in [6.45, 7) is 2.03. The number of nitro groups is 1. The topological polar surface area (TPSA) is 131 Å². The Morgan fingerprint density at radius 2 is 2.07 bits per heavy atom. The summed E-state index contributed by atoms with van der Waals surface area (Å²) in [6.07, 6.45) is 2.70. The summed E-state index contributed by atoms with van der Waals surface area (Å²) in [7, 11) is 0. The summed E-state index contributed by atoms with van der Waals surface area (Å²) in [5, 5.41) is 13.7. The van der Waals surface area contributed by atoms with Crippen molar-refractivity contribution >= 4 is 41.4 Å². The Labute approximate surface area is 167 Å². The Hall–Kier alpha value is -3.20. The fraction of sp³-hybridized carbons (Fsp3) is 0.278. The van der Waals surface area contributed by atoms with Gasteiger partial charge in [-0.05, 0) is 44.0 Å². The first-order valence-corrected chi connectivity index (χ1v) is 8.45. The number of hydrogen-bond donors (Lipinski definition) is 2. The molecule has 0 spiro atoms. The molecule has 1 aliphatic heterocycles. The van der Waals surface area contributed by atoms with Gasteiger partial charge >= 0.3 is 0 Å². The molecule has 1 aliphatic rings. The third-order valence-electron chi connectivity index (χ3n) is 4.51. The number of carbonyl (C=O) groups is 2. The van der Waals surface area contributed by atoms with Crippen LogP contribution >= 0.6 is 12.4 Å². The van der Waals surface area contributed by atoms with Crippen LogP contribution in [-0.2, 0) is 4.79 Å². The van der Waals surface area contributed by atoms with Crippen molar-refractivity contribution in [2.75, 3.05) is 17.6 Å². The first kappa shape index (κ1) is 21.1. The van der Waals surface area contributed by atoms with E-state index in [4.69, 9.17) is 5.73 Å². The summed E-state index contributed by atoms with van der Waals surface area (Å²) in [5.74, 6) is -0.272. The standard InChI is InChI=1S/C18H19N5O4.ClH/c1-11-9-12(4-6-14(11)23(26)27)18(25)22-8-2-3-15(22)17(24)21-13-5-7-16(19)20-10-13;/h4-7,9-10,15H,2-3,8H2,1H3,(H2,19,20)(H,21,24);1H. The number of hydrogen-bond acceptors (Lipinski definition) is 6. The van der Waals surface area contributed by atoms with Crippen LogP contribution in [0.5, 0.6) is 0 Å². The molecule has 10 heteroatoms. The van der Waals surface area contributed by atoms with Gasteiger partial charge in [0.1, 0.15) is 11.9 Å². The predicted molar refractivity (Wildman–Crippen MR) is 106 cm³/mol. The summed E-state index contributed by atoms with van der Waals surface area (Å²) < 4.78 is 0. The number of aryl methyl sites for hydroxylation is 1. The lowest BCUT2D eigenvalue weighted by Gasteiger charge is -2.24. The second-order valence-corrected chi connectivity index (χ2v) is 6.38. The molecular weight excluding hydrogens is 386 g/mol. The van der Waals surface area contributed by atoms with Crippen molar-refractivity contribution in [3.63, 3.8) is 0 Å². The number of nitrogens with one attached hydrogen (secondary N) is 1. The van der Waals surface area contributed by atoms with Crippen molar-refractivity contribution < 1.29 is 14.5 Å². The molecule has 1 saturated heterocycles. The average molecular weight is 406 g/mol. The first-order chi connectivity index (χ1) is 12.9. The molecule has 1 fully saturated rings. The van der Waals surface area contributed by atoms with Crippen molar-refractivity contribution in [3.8, 4) is 0 Å². The van der Waals surface area contributed by atoms with E-state index in [1.165, 1.54) is 29.3 Å². The number of carbonyl (C=O) groups excluding carboxylic acids is 2. The molecule has 0 bridgehead atoms.